The number of nitrogens with zero attached hydrogens (tertiary/aromatic N) is 5. The molecule has 3 rings (SSSR count). The van der Waals surface area contributed by atoms with Crippen LogP contribution in [0.4, 0.5) is 11.4 Å². The molecule has 3 heterocycles. The van der Waals surface area contributed by atoms with Crippen LogP contribution in [0.3, 0.4) is 0 Å². The maximum atomic E-state index is 9.16. The molecule has 118 valence electrons. The maximum absolute atomic E-state index is 9.16. The van der Waals surface area contributed by atoms with E-state index in [1.165, 1.54) is 0 Å². The molecule has 22 heavy (non-hydrogen) atoms. The van der Waals surface area contributed by atoms with Crippen molar-refractivity contribution in [3.63, 3.8) is 0 Å². The number of rotatable bonds is 3. The van der Waals surface area contributed by atoms with E-state index in [4.69, 9.17) is 10.8 Å². The van der Waals surface area contributed by atoms with Gasteiger partial charge in [-0.05, 0) is 17.9 Å². The standard InChI is InChI=1S/C15H22N6O/c1-10-6-20(14-3-4-17-5-13(14)16)7-11(2)15(10)21-8-12(9-22)18-19-21/h3-5,8,10-11,15,22H,6-7,9,16H2,1-2H3/t10-,11+,15-. The Morgan fingerprint density at radius 2 is 2.05 bits per heavy atom. The van der Waals surface area contributed by atoms with Gasteiger partial charge in [0.1, 0.15) is 5.69 Å². The fraction of sp³-hybridized carbons (Fsp3) is 0.533. The van der Waals surface area contributed by atoms with Crippen molar-refractivity contribution in [2.75, 3.05) is 23.7 Å². The molecule has 7 nitrogen and oxygen atoms in total. The number of nitrogens with two attached hydrogens (primary N) is 1. The molecule has 1 saturated heterocycles. The van der Waals surface area contributed by atoms with Gasteiger partial charge in [0, 0.05) is 19.3 Å². The fourth-order valence-electron chi connectivity index (χ4n) is 3.48. The molecule has 0 saturated carbocycles. The third-order valence-electron chi connectivity index (χ3n) is 4.38. The Morgan fingerprint density at radius 3 is 2.64 bits per heavy atom. The van der Waals surface area contributed by atoms with Crippen molar-refractivity contribution in [2.24, 2.45) is 11.8 Å². The SMILES string of the molecule is C[C@@H]1CN(c2ccncc2N)C[C@H](C)[C@@H]1n1cc(CO)nn1. The zero-order valence-corrected chi connectivity index (χ0v) is 12.9. The van der Waals surface area contributed by atoms with Gasteiger partial charge in [-0.2, -0.15) is 0 Å². The van der Waals surface area contributed by atoms with Crippen LogP contribution in [0.1, 0.15) is 25.6 Å². The Labute approximate surface area is 129 Å². The van der Waals surface area contributed by atoms with Crippen molar-refractivity contribution < 1.29 is 5.11 Å². The minimum atomic E-state index is -0.0743. The Morgan fingerprint density at radius 1 is 1.32 bits per heavy atom. The second-order valence-corrected chi connectivity index (χ2v) is 6.13. The van der Waals surface area contributed by atoms with E-state index in [1.54, 1.807) is 12.4 Å². The van der Waals surface area contributed by atoms with Crippen LogP contribution in [-0.4, -0.2) is 38.2 Å². The Balaban J connectivity index is 1.81. The second kappa shape index (κ2) is 5.92. The number of piperidine rings is 1. The minimum absolute atomic E-state index is 0.0743. The summed E-state index contributed by atoms with van der Waals surface area (Å²) in [6.07, 6.45) is 5.31. The Kier molecular flexibility index (Phi) is 3.98. The number of anilines is 2. The number of aliphatic hydroxyl groups excluding tert-OH is 1. The molecule has 0 bridgehead atoms. The maximum Gasteiger partial charge on any atom is 0.108 e. The van der Waals surface area contributed by atoms with Crippen LogP contribution in [0.25, 0.3) is 0 Å². The highest BCUT2D eigenvalue weighted by atomic mass is 16.3. The molecule has 7 heteroatoms. The van der Waals surface area contributed by atoms with Gasteiger partial charge in [-0.3, -0.25) is 4.98 Å². The summed E-state index contributed by atoms with van der Waals surface area (Å²) in [7, 11) is 0. The molecule has 0 amide bonds. The number of hydrogen-bond donors (Lipinski definition) is 2. The van der Waals surface area contributed by atoms with E-state index < -0.39 is 0 Å². The van der Waals surface area contributed by atoms with E-state index in [-0.39, 0.29) is 12.6 Å². The molecule has 0 aromatic carbocycles. The van der Waals surface area contributed by atoms with Gasteiger partial charge in [0.15, 0.2) is 0 Å². The van der Waals surface area contributed by atoms with E-state index in [0.717, 1.165) is 18.8 Å². The summed E-state index contributed by atoms with van der Waals surface area (Å²) < 4.78 is 1.90. The van der Waals surface area contributed by atoms with Crippen LogP contribution >= 0.6 is 0 Å². The second-order valence-electron chi connectivity index (χ2n) is 6.13. The van der Waals surface area contributed by atoms with Gasteiger partial charge in [-0.1, -0.05) is 19.1 Å². The van der Waals surface area contributed by atoms with Crippen molar-refractivity contribution in [3.8, 4) is 0 Å². The topological polar surface area (TPSA) is 93.1 Å². The van der Waals surface area contributed by atoms with Crippen molar-refractivity contribution in [1.82, 2.24) is 20.0 Å². The van der Waals surface area contributed by atoms with Crippen molar-refractivity contribution in [1.29, 1.82) is 0 Å². The van der Waals surface area contributed by atoms with E-state index in [1.807, 2.05) is 16.9 Å². The molecule has 0 aliphatic carbocycles. The summed E-state index contributed by atoms with van der Waals surface area (Å²) in [5.74, 6) is 0.786. The van der Waals surface area contributed by atoms with Gasteiger partial charge in [0.05, 0.1) is 36.4 Å². The summed E-state index contributed by atoms with van der Waals surface area (Å²) in [6, 6.07) is 2.24. The number of aliphatic hydroxyl groups is 1. The largest absolute Gasteiger partial charge is 0.396 e. The average Bonchev–Trinajstić information content (AvgIpc) is 2.95. The zero-order chi connectivity index (χ0) is 15.7. The molecular weight excluding hydrogens is 280 g/mol. The fourth-order valence-corrected chi connectivity index (χ4v) is 3.48. The number of hydrogen-bond acceptors (Lipinski definition) is 6. The molecule has 0 unspecified atom stereocenters. The summed E-state index contributed by atoms with van der Waals surface area (Å²) in [5.41, 5.74) is 8.42. The lowest BCUT2D eigenvalue weighted by molar-refractivity contribution is 0.203. The highest BCUT2D eigenvalue weighted by Crippen LogP contribution is 2.35. The van der Waals surface area contributed by atoms with Gasteiger partial charge < -0.3 is 15.7 Å². The average molecular weight is 302 g/mol. The van der Waals surface area contributed by atoms with Gasteiger partial charge in [0.25, 0.3) is 0 Å². The van der Waals surface area contributed by atoms with Crippen LogP contribution in [0, 0.1) is 11.8 Å². The molecule has 1 aliphatic heterocycles. The van der Waals surface area contributed by atoms with E-state index in [9.17, 15) is 0 Å². The monoisotopic (exact) mass is 302 g/mol. The van der Waals surface area contributed by atoms with Crippen molar-refractivity contribution in [2.45, 2.75) is 26.5 Å². The van der Waals surface area contributed by atoms with Gasteiger partial charge in [-0.25, -0.2) is 4.68 Å². The normalized spacial score (nSPS) is 25.4. The van der Waals surface area contributed by atoms with Crippen LogP contribution < -0.4 is 10.6 Å². The first-order chi connectivity index (χ1) is 10.6. The highest BCUT2D eigenvalue weighted by Gasteiger charge is 2.34. The van der Waals surface area contributed by atoms with Crippen LogP contribution in [0.15, 0.2) is 24.7 Å². The molecule has 3 atom stereocenters. The van der Waals surface area contributed by atoms with Gasteiger partial charge >= 0.3 is 0 Å². The predicted molar refractivity (Wildman–Crippen MR) is 84.2 cm³/mol. The van der Waals surface area contributed by atoms with E-state index in [0.29, 0.717) is 23.2 Å². The van der Waals surface area contributed by atoms with Crippen LogP contribution in [-0.2, 0) is 6.61 Å². The van der Waals surface area contributed by atoms with E-state index >= 15 is 0 Å². The molecule has 1 fully saturated rings. The molecule has 3 N–H and O–H groups in total. The van der Waals surface area contributed by atoms with Crippen molar-refractivity contribution in [3.05, 3.63) is 30.4 Å². The minimum Gasteiger partial charge on any atom is -0.396 e. The van der Waals surface area contributed by atoms with Crippen LogP contribution in [0.2, 0.25) is 0 Å². The molecule has 0 spiro atoms. The number of nitrogen functional groups attached to an aromatic ring is 1. The first-order valence-electron chi connectivity index (χ1n) is 7.56. The first kappa shape index (κ1) is 14.8. The van der Waals surface area contributed by atoms with Gasteiger partial charge in [-0.15, -0.1) is 5.10 Å². The lowest BCUT2D eigenvalue weighted by Crippen LogP contribution is -2.45. The first-order valence-corrected chi connectivity index (χ1v) is 7.56. The molecule has 0 radical (unpaired) electrons. The Hall–Kier alpha value is -2.15. The quantitative estimate of drug-likeness (QED) is 0.881. The molecule has 1 aliphatic rings. The van der Waals surface area contributed by atoms with Crippen LogP contribution in [0.5, 0.6) is 0 Å². The number of aromatic nitrogens is 4. The summed E-state index contributed by atoms with van der Waals surface area (Å²) >= 11 is 0. The summed E-state index contributed by atoms with van der Waals surface area (Å²) in [4.78, 5) is 6.37. The lowest BCUT2D eigenvalue weighted by Gasteiger charge is -2.42. The van der Waals surface area contributed by atoms with Gasteiger partial charge in [0.2, 0.25) is 0 Å². The molecule has 2 aromatic rings. The third kappa shape index (κ3) is 2.64. The number of pyridine rings is 1. The lowest BCUT2D eigenvalue weighted by atomic mass is 9.85. The highest BCUT2D eigenvalue weighted by molar-refractivity contribution is 5.66. The molecular formula is C15H22N6O. The molecule has 2 aromatic heterocycles. The van der Waals surface area contributed by atoms with E-state index in [2.05, 4.69) is 34.0 Å². The predicted octanol–water partition coefficient (Wildman–Crippen LogP) is 1.08. The van der Waals surface area contributed by atoms with Crippen molar-refractivity contribution >= 4 is 11.4 Å². The third-order valence-corrected chi connectivity index (χ3v) is 4.38. The Bertz CT molecular complexity index is 630. The smallest absolute Gasteiger partial charge is 0.108 e. The summed E-state index contributed by atoms with van der Waals surface area (Å²) in [5, 5.41) is 17.3. The summed E-state index contributed by atoms with van der Waals surface area (Å²) in [6.45, 7) is 6.15. The zero-order valence-electron chi connectivity index (χ0n) is 12.9.